The van der Waals surface area contributed by atoms with E-state index in [0.717, 1.165) is 75.3 Å². The molecule has 32 heavy (non-hydrogen) atoms. The van der Waals surface area contributed by atoms with Gasteiger partial charge >= 0.3 is 0 Å². The third kappa shape index (κ3) is 5.24. The molecular formula is C29H37F3. The molecule has 2 saturated carbocycles. The fourth-order valence-electron chi connectivity index (χ4n) is 5.93. The van der Waals surface area contributed by atoms with Crippen molar-refractivity contribution in [3.63, 3.8) is 0 Å². The van der Waals surface area contributed by atoms with Gasteiger partial charge in [-0.25, -0.2) is 13.2 Å². The molecule has 4 rings (SSSR count). The standard InChI is InChI=1S/C29H37F3/c1-3-20-9-16-25(27(30)18-20)22-12-6-21(7-13-22)8-14-24-15-17-26(29(32)28(24)31)23-10-4-19(2)5-11-23/h9,15-19,21-23H,3-8,10-14H2,1-2H3. The molecule has 0 heterocycles. The van der Waals surface area contributed by atoms with Gasteiger partial charge in [0.2, 0.25) is 0 Å². The SMILES string of the molecule is CCc1ccc(C2CCC(CCc3ccc(C4CCC(C)CC4)c(F)c3F)CC2)c(F)c1. The molecule has 0 nitrogen and oxygen atoms in total. The average molecular weight is 443 g/mol. The van der Waals surface area contributed by atoms with Gasteiger partial charge in [-0.3, -0.25) is 0 Å². The summed E-state index contributed by atoms with van der Waals surface area (Å²) in [4.78, 5) is 0. The lowest BCUT2D eigenvalue weighted by Crippen LogP contribution is -2.16. The molecule has 0 aliphatic heterocycles. The predicted octanol–water partition coefficient (Wildman–Crippen LogP) is 8.87. The molecule has 0 spiro atoms. The lowest BCUT2D eigenvalue weighted by molar-refractivity contribution is 0.305. The first-order valence-corrected chi connectivity index (χ1v) is 12.7. The largest absolute Gasteiger partial charge is 0.207 e. The van der Waals surface area contributed by atoms with Crippen LogP contribution in [-0.2, 0) is 12.8 Å². The summed E-state index contributed by atoms with van der Waals surface area (Å²) in [5.41, 5.74) is 2.98. The van der Waals surface area contributed by atoms with Crippen molar-refractivity contribution >= 4 is 0 Å². The molecule has 2 aliphatic carbocycles. The predicted molar refractivity (Wildman–Crippen MR) is 126 cm³/mol. The van der Waals surface area contributed by atoms with Gasteiger partial charge in [0.05, 0.1) is 0 Å². The Hall–Kier alpha value is -1.77. The third-order valence-electron chi connectivity index (χ3n) is 8.23. The maximum atomic E-state index is 14.8. The Morgan fingerprint density at radius 1 is 0.750 bits per heavy atom. The van der Waals surface area contributed by atoms with E-state index < -0.39 is 11.6 Å². The van der Waals surface area contributed by atoms with Gasteiger partial charge in [-0.2, -0.15) is 0 Å². The molecule has 0 radical (unpaired) electrons. The summed E-state index contributed by atoms with van der Waals surface area (Å²) >= 11 is 0. The Balaban J connectivity index is 1.31. The van der Waals surface area contributed by atoms with Crippen molar-refractivity contribution in [1.29, 1.82) is 0 Å². The van der Waals surface area contributed by atoms with Crippen LogP contribution in [0.3, 0.4) is 0 Å². The fraction of sp³-hybridized carbons (Fsp3) is 0.586. The summed E-state index contributed by atoms with van der Waals surface area (Å²) in [5.74, 6) is 0.329. The molecule has 174 valence electrons. The fourth-order valence-corrected chi connectivity index (χ4v) is 5.93. The maximum absolute atomic E-state index is 14.8. The molecule has 0 aromatic heterocycles. The van der Waals surface area contributed by atoms with Gasteiger partial charge in [-0.05, 0) is 110 Å². The van der Waals surface area contributed by atoms with Crippen molar-refractivity contribution in [2.24, 2.45) is 11.8 Å². The summed E-state index contributed by atoms with van der Waals surface area (Å²) in [6.45, 7) is 4.28. The zero-order valence-electron chi connectivity index (χ0n) is 19.6. The minimum atomic E-state index is -0.632. The van der Waals surface area contributed by atoms with E-state index in [9.17, 15) is 13.2 Å². The van der Waals surface area contributed by atoms with Crippen LogP contribution in [0.5, 0.6) is 0 Å². The molecule has 0 bridgehead atoms. The number of rotatable bonds is 6. The highest BCUT2D eigenvalue weighted by Gasteiger charge is 2.27. The highest BCUT2D eigenvalue weighted by molar-refractivity contribution is 5.30. The van der Waals surface area contributed by atoms with Crippen molar-refractivity contribution in [2.45, 2.75) is 96.3 Å². The van der Waals surface area contributed by atoms with E-state index >= 15 is 0 Å². The van der Waals surface area contributed by atoms with Crippen LogP contribution in [0.1, 0.15) is 106 Å². The normalized spacial score (nSPS) is 26.3. The second kappa shape index (κ2) is 10.4. The molecule has 0 unspecified atom stereocenters. The quantitative estimate of drug-likeness (QED) is 0.419. The molecule has 2 aromatic carbocycles. The first-order valence-electron chi connectivity index (χ1n) is 12.7. The zero-order chi connectivity index (χ0) is 22.7. The molecule has 0 saturated heterocycles. The van der Waals surface area contributed by atoms with Crippen LogP contribution in [-0.4, -0.2) is 0 Å². The first kappa shape index (κ1) is 23.4. The van der Waals surface area contributed by atoms with E-state index in [0.29, 0.717) is 29.4 Å². The first-order chi connectivity index (χ1) is 15.5. The Labute approximate surface area is 191 Å². The lowest BCUT2D eigenvalue weighted by atomic mass is 9.76. The third-order valence-corrected chi connectivity index (χ3v) is 8.23. The van der Waals surface area contributed by atoms with E-state index in [4.69, 9.17) is 0 Å². The second-order valence-electron chi connectivity index (χ2n) is 10.4. The Kier molecular flexibility index (Phi) is 7.63. The summed E-state index contributed by atoms with van der Waals surface area (Å²) in [5, 5.41) is 0. The van der Waals surface area contributed by atoms with Crippen LogP contribution in [0.4, 0.5) is 13.2 Å². The molecule has 3 heteroatoms. The number of hydrogen-bond acceptors (Lipinski definition) is 0. The highest BCUT2D eigenvalue weighted by atomic mass is 19.2. The van der Waals surface area contributed by atoms with Crippen LogP contribution >= 0.6 is 0 Å². The minimum Gasteiger partial charge on any atom is -0.207 e. The van der Waals surface area contributed by atoms with Crippen molar-refractivity contribution in [3.05, 3.63) is 70.0 Å². The summed E-state index contributed by atoms with van der Waals surface area (Å²) in [7, 11) is 0. The van der Waals surface area contributed by atoms with Gasteiger partial charge in [-0.1, -0.05) is 51.0 Å². The van der Waals surface area contributed by atoms with Gasteiger partial charge in [0.25, 0.3) is 0 Å². The van der Waals surface area contributed by atoms with Gasteiger partial charge in [-0.15, -0.1) is 0 Å². The van der Waals surface area contributed by atoms with Crippen molar-refractivity contribution in [2.75, 3.05) is 0 Å². The van der Waals surface area contributed by atoms with E-state index in [1.807, 2.05) is 31.2 Å². The molecule has 0 amide bonds. The summed E-state index contributed by atoms with van der Waals surface area (Å²) < 4.78 is 44.1. The van der Waals surface area contributed by atoms with E-state index in [2.05, 4.69) is 6.92 Å². The van der Waals surface area contributed by atoms with E-state index in [-0.39, 0.29) is 17.7 Å². The van der Waals surface area contributed by atoms with Crippen LogP contribution in [0.15, 0.2) is 30.3 Å². The number of aryl methyl sites for hydroxylation is 2. The average Bonchev–Trinajstić information content (AvgIpc) is 2.81. The van der Waals surface area contributed by atoms with Gasteiger partial charge in [0.15, 0.2) is 11.6 Å². The molecule has 2 aliphatic rings. The van der Waals surface area contributed by atoms with Gasteiger partial charge in [0, 0.05) is 0 Å². The zero-order valence-corrected chi connectivity index (χ0v) is 19.6. The highest BCUT2D eigenvalue weighted by Crippen LogP contribution is 2.40. The van der Waals surface area contributed by atoms with Crippen LogP contribution in [0.25, 0.3) is 0 Å². The maximum Gasteiger partial charge on any atom is 0.162 e. The van der Waals surface area contributed by atoms with E-state index in [1.165, 1.54) is 0 Å². The lowest BCUT2D eigenvalue weighted by Gasteiger charge is -2.29. The number of hydrogen-bond donors (Lipinski definition) is 0. The van der Waals surface area contributed by atoms with Gasteiger partial charge in [0.1, 0.15) is 5.82 Å². The topological polar surface area (TPSA) is 0 Å². The number of benzene rings is 2. The Morgan fingerprint density at radius 3 is 2.03 bits per heavy atom. The van der Waals surface area contributed by atoms with Crippen LogP contribution in [0.2, 0.25) is 0 Å². The molecule has 2 aromatic rings. The molecular weight excluding hydrogens is 405 g/mol. The molecule has 0 atom stereocenters. The van der Waals surface area contributed by atoms with Crippen molar-refractivity contribution in [1.82, 2.24) is 0 Å². The smallest absolute Gasteiger partial charge is 0.162 e. The summed E-state index contributed by atoms with van der Waals surface area (Å²) in [6, 6.07) is 9.34. The molecule has 2 fully saturated rings. The second-order valence-corrected chi connectivity index (χ2v) is 10.4. The van der Waals surface area contributed by atoms with E-state index in [1.54, 1.807) is 6.07 Å². The monoisotopic (exact) mass is 442 g/mol. The summed E-state index contributed by atoms with van der Waals surface area (Å²) in [6.07, 6.45) is 10.4. The van der Waals surface area contributed by atoms with Crippen LogP contribution < -0.4 is 0 Å². The van der Waals surface area contributed by atoms with Crippen LogP contribution in [0, 0.1) is 29.3 Å². The van der Waals surface area contributed by atoms with Crippen molar-refractivity contribution < 1.29 is 13.2 Å². The molecule has 0 N–H and O–H groups in total. The Morgan fingerprint density at radius 2 is 1.38 bits per heavy atom. The Bertz CT molecular complexity index is 903. The number of halogens is 3. The minimum absolute atomic E-state index is 0.0714. The van der Waals surface area contributed by atoms with Gasteiger partial charge < -0.3 is 0 Å². The van der Waals surface area contributed by atoms with Crippen molar-refractivity contribution in [3.8, 4) is 0 Å².